The van der Waals surface area contributed by atoms with Crippen LogP contribution in [-0.2, 0) is 17.6 Å². The van der Waals surface area contributed by atoms with Crippen molar-refractivity contribution >= 4 is 5.97 Å². The van der Waals surface area contributed by atoms with Crippen LogP contribution in [0.4, 0.5) is 4.39 Å². The van der Waals surface area contributed by atoms with Crippen LogP contribution in [-0.4, -0.2) is 19.1 Å². The second kappa shape index (κ2) is 4.22. The predicted octanol–water partition coefficient (Wildman–Crippen LogP) is 1.43. The molecule has 0 spiro atoms. The average molecular weight is 223 g/mol. The van der Waals surface area contributed by atoms with Gasteiger partial charge >= 0.3 is 5.97 Å². The number of halogens is 1. The van der Waals surface area contributed by atoms with Crippen molar-refractivity contribution in [2.75, 3.05) is 7.11 Å². The second-order valence-electron chi connectivity index (χ2n) is 4.10. The first-order chi connectivity index (χ1) is 7.61. The first-order valence-electron chi connectivity index (χ1n) is 5.27. The summed E-state index contributed by atoms with van der Waals surface area (Å²) in [7, 11) is 1.24. The molecule has 1 atom stereocenters. The maximum atomic E-state index is 13.6. The van der Waals surface area contributed by atoms with Gasteiger partial charge in [0, 0.05) is 6.04 Å². The standard InChI is InChI=1S/C12H14FNO2/c1-16-12(15)10-5-8-4-9(14)3-2-7(8)6-11(10)13/h5-6,9H,2-4,14H2,1H3/t9-/m0/s1. The Morgan fingerprint density at radius 3 is 2.94 bits per heavy atom. The van der Waals surface area contributed by atoms with E-state index in [0.717, 1.165) is 24.0 Å². The molecule has 2 rings (SSSR count). The Labute approximate surface area is 93.4 Å². The van der Waals surface area contributed by atoms with Gasteiger partial charge in [-0.25, -0.2) is 9.18 Å². The summed E-state index contributed by atoms with van der Waals surface area (Å²) in [5.41, 5.74) is 7.74. The minimum Gasteiger partial charge on any atom is -0.465 e. The summed E-state index contributed by atoms with van der Waals surface area (Å²) in [5, 5.41) is 0. The minimum atomic E-state index is -0.639. The van der Waals surface area contributed by atoms with Crippen LogP contribution in [0.1, 0.15) is 27.9 Å². The van der Waals surface area contributed by atoms with E-state index in [1.165, 1.54) is 13.2 Å². The molecule has 0 saturated heterocycles. The molecule has 0 unspecified atom stereocenters. The number of ether oxygens (including phenoxy) is 1. The predicted molar refractivity (Wildman–Crippen MR) is 57.7 cm³/mol. The number of fused-ring (bicyclic) bond motifs is 1. The number of nitrogens with two attached hydrogens (primary N) is 1. The average Bonchev–Trinajstić information content (AvgIpc) is 2.28. The molecular formula is C12H14FNO2. The van der Waals surface area contributed by atoms with Crippen molar-refractivity contribution in [3.8, 4) is 0 Å². The van der Waals surface area contributed by atoms with Crippen molar-refractivity contribution in [2.45, 2.75) is 25.3 Å². The highest BCUT2D eigenvalue weighted by molar-refractivity contribution is 5.90. The van der Waals surface area contributed by atoms with Crippen LogP contribution in [0.5, 0.6) is 0 Å². The van der Waals surface area contributed by atoms with Gasteiger partial charge in [-0.3, -0.25) is 0 Å². The third-order valence-electron chi connectivity index (χ3n) is 2.96. The number of esters is 1. The van der Waals surface area contributed by atoms with Gasteiger partial charge in [-0.15, -0.1) is 0 Å². The van der Waals surface area contributed by atoms with Crippen molar-refractivity contribution in [3.05, 3.63) is 34.6 Å². The zero-order valence-electron chi connectivity index (χ0n) is 9.13. The molecule has 0 saturated carbocycles. The largest absolute Gasteiger partial charge is 0.465 e. The van der Waals surface area contributed by atoms with Crippen LogP contribution < -0.4 is 5.73 Å². The summed E-state index contributed by atoms with van der Waals surface area (Å²) in [4.78, 5) is 11.3. The highest BCUT2D eigenvalue weighted by Crippen LogP contribution is 2.24. The number of rotatable bonds is 1. The highest BCUT2D eigenvalue weighted by atomic mass is 19.1. The lowest BCUT2D eigenvalue weighted by Gasteiger charge is -2.22. The zero-order chi connectivity index (χ0) is 11.7. The van der Waals surface area contributed by atoms with E-state index in [9.17, 15) is 9.18 Å². The third-order valence-corrected chi connectivity index (χ3v) is 2.96. The molecule has 3 nitrogen and oxygen atoms in total. The number of methoxy groups -OCH3 is 1. The van der Waals surface area contributed by atoms with E-state index >= 15 is 0 Å². The lowest BCUT2D eigenvalue weighted by atomic mass is 9.87. The fraction of sp³-hybridized carbons (Fsp3) is 0.417. The van der Waals surface area contributed by atoms with Crippen LogP contribution in [0.25, 0.3) is 0 Å². The highest BCUT2D eigenvalue weighted by Gasteiger charge is 2.20. The van der Waals surface area contributed by atoms with Gasteiger partial charge in [0.2, 0.25) is 0 Å². The van der Waals surface area contributed by atoms with Crippen LogP contribution >= 0.6 is 0 Å². The number of aryl methyl sites for hydroxylation is 1. The van der Waals surface area contributed by atoms with Gasteiger partial charge in [-0.05, 0) is 42.5 Å². The van der Waals surface area contributed by atoms with Crippen molar-refractivity contribution in [1.82, 2.24) is 0 Å². The molecule has 16 heavy (non-hydrogen) atoms. The molecule has 2 N–H and O–H groups in total. The van der Waals surface area contributed by atoms with Gasteiger partial charge in [-0.2, -0.15) is 0 Å². The number of hydrogen-bond acceptors (Lipinski definition) is 3. The molecule has 0 radical (unpaired) electrons. The Morgan fingerprint density at radius 1 is 1.50 bits per heavy atom. The van der Waals surface area contributed by atoms with Gasteiger partial charge < -0.3 is 10.5 Å². The Kier molecular flexibility index (Phi) is 2.92. The first-order valence-corrected chi connectivity index (χ1v) is 5.27. The Hall–Kier alpha value is -1.42. The quantitative estimate of drug-likeness (QED) is 0.733. The van der Waals surface area contributed by atoms with E-state index < -0.39 is 11.8 Å². The molecule has 0 bridgehead atoms. The Balaban J connectivity index is 2.43. The van der Waals surface area contributed by atoms with Crippen molar-refractivity contribution < 1.29 is 13.9 Å². The van der Waals surface area contributed by atoms with Crippen molar-refractivity contribution in [1.29, 1.82) is 0 Å². The molecule has 0 amide bonds. The van der Waals surface area contributed by atoms with Crippen LogP contribution in [0.3, 0.4) is 0 Å². The molecule has 1 aromatic rings. The molecule has 4 heteroatoms. The SMILES string of the molecule is COC(=O)c1cc2c(cc1F)CC[C@H](N)C2. The smallest absolute Gasteiger partial charge is 0.340 e. The fourth-order valence-corrected chi connectivity index (χ4v) is 2.07. The number of carbonyl (C=O) groups excluding carboxylic acids is 1. The molecule has 1 aromatic carbocycles. The first kappa shape index (κ1) is 11.1. The van der Waals surface area contributed by atoms with E-state index in [0.29, 0.717) is 6.42 Å². The van der Waals surface area contributed by atoms with Crippen LogP contribution in [0.15, 0.2) is 12.1 Å². The van der Waals surface area contributed by atoms with Gasteiger partial charge in [0.25, 0.3) is 0 Å². The third kappa shape index (κ3) is 1.93. The number of hydrogen-bond donors (Lipinski definition) is 1. The van der Waals surface area contributed by atoms with Crippen molar-refractivity contribution in [3.63, 3.8) is 0 Å². The zero-order valence-corrected chi connectivity index (χ0v) is 9.13. The van der Waals surface area contributed by atoms with Gasteiger partial charge in [0.1, 0.15) is 5.82 Å². The maximum Gasteiger partial charge on any atom is 0.340 e. The lowest BCUT2D eigenvalue weighted by Crippen LogP contribution is -2.28. The van der Waals surface area contributed by atoms with Crippen LogP contribution in [0, 0.1) is 5.82 Å². The van der Waals surface area contributed by atoms with Gasteiger partial charge in [0.15, 0.2) is 0 Å². The molecule has 0 aromatic heterocycles. The summed E-state index contributed by atoms with van der Waals surface area (Å²) < 4.78 is 18.1. The molecule has 0 fully saturated rings. The lowest BCUT2D eigenvalue weighted by molar-refractivity contribution is 0.0595. The van der Waals surface area contributed by atoms with E-state index in [1.807, 2.05) is 0 Å². The Bertz CT molecular complexity index is 431. The van der Waals surface area contributed by atoms with E-state index in [4.69, 9.17) is 5.73 Å². The summed E-state index contributed by atoms with van der Waals surface area (Å²) in [5.74, 6) is -1.15. The van der Waals surface area contributed by atoms with Crippen molar-refractivity contribution in [2.24, 2.45) is 5.73 Å². The normalized spacial score (nSPS) is 19.1. The molecule has 1 aliphatic rings. The fourth-order valence-electron chi connectivity index (χ4n) is 2.07. The molecule has 1 aliphatic carbocycles. The number of benzene rings is 1. The summed E-state index contributed by atoms with van der Waals surface area (Å²) >= 11 is 0. The van der Waals surface area contributed by atoms with Crippen LogP contribution in [0.2, 0.25) is 0 Å². The topological polar surface area (TPSA) is 52.3 Å². The second-order valence-corrected chi connectivity index (χ2v) is 4.10. The summed E-state index contributed by atoms with van der Waals surface area (Å²) in [6.45, 7) is 0. The van der Waals surface area contributed by atoms with E-state index in [2.05, 4.69) is 4.74 Å². The van der Waals surface area contributed by atoms with E-state index in [-0.39, 0.29) is 11.6 Å². The van der Waals surface area contributed by atoms with Gasteiger partial charge in [-0.1, -0.05) is 0 Å². The molecule has 0 heterocycles. The Morgan fingerprint density at radius 2 is 2.25 bits per heavy atom. The monoisotopic (exact) mass is 223 g/mol. The van der Waals surface area contributed by atoms with E-state index in [1.54, 1.807) is 6.07 Å². The number of carbonyl (C=O) groups is 1. The summed E-state index contributed by atoms with van der Waals surface area (Å²) in [6, 6.07) is 3.09. The minimum absolute atomic E-state index is 0.00431. The maximum absolute atomic E-state index is 13.6. The summed E-state index contributed by atoms with van der Waals surface area (Å²) in [6.07, 6.45) is 2.33. The molecule has 0 aliphatic heterocycles. The molecular weight excluding hydrogens is 209 g/mol. The van der Waals surface area contributed by atoms with Gasteiger partial charge in [0.05, 0.1) is 12.7 Å². The molecule has 86 valence electrons.